The van der Waals surface area contributed by atoms with E-state index in [4.69, 9.17) is 11.6 Å². The smallest absolute Gasteiger partial charge is 0.138 e. The van der Waals surface area contributed by atoms with Gasteiger partial charge in [-0.3, -0.25) is 0 Å². The van der Waals surface area contributed by atoms with Crippen molar-refractivity contribution in [3.8, 4) is 0 Å². The maximum atomic E-state index is 10.1. The van der Waals surface area contributed by atoms with Crippen LogP contribution in [0.1, 0.15) is 18.9 Å². The summed E-state index contributed by atoms with van der Waals surface area (Å²) >= 11 is 7.42. The molecule has 2 aromatic rings. The fraction of sp³-hybridized carbons (Fsp3) is 0.308. The lowest BCUT2D eigenvalue weighted by Crippen LogP contribution is -2.09. The Morgan fingerprint density at radius 1 is 1.39 bits per heavy atom. The van der Waals surface area contributed by atoms with E-state index < -0.39 is 6.10 Å². The van der Waals surface area contributed by atoms with Crippen molar-refractivity contribution in [3.05, 3.63) is 47.5 Å². The highest BCUT2D eigenvalue weighted by molar-refractivity contribution is 7.99. The van der Waals surface area contributed by atoms with Gasteiger partial charge in [0.05, 0.1) is 0 Å². The minimum Gasteiger partial charge on any atom is -0.384 e. The number of aliphatic hydroxyl groups excluding tert-OH is 1. The number of aryl methyl sites for hydroxylation is 1. The SMILES string of the molecule is CCn1ccnc1C(O)CSc1ccc(Cl)cc1. The molecule has 0 aliphatic rings. The van der Waals surface area contributed by atoms with Crippen LogP contribution in [-0.4, -0.2) is 20.4 Å². The van der Waals surface area contributed by atoms with E-state index in [1.807, 2.05) is 42.0 Å². The molecule has 1 atom stereocenters. The number of rotatable bonds is 5. The lowest BCUT2D eigenvalue weighted by atomic mass is 10.4. The van der Waals surface area contributed by atoms with Crippen LogP contribution in [0.5, 0.6) is 0 Å². The van der Waals surface area contributed by atoms with Gasteiger partial charge in [0.1, 0.15) is 11.9 Å². The van der Waals surface area contributed by atoms with E-state index in [0.717, 1.165) is 22.3 Å². The third-order valence-corrected chi connectivity index (χ3v) is 3.95. The van der Waals surface area contributed by atoms with Crippen LogP contribution in [0.4, 0.5) is 0 Å². The molecular weight excluding hydrogens is 268 g/mol. The number of hydrogen-bond acceptors (Lipinski definition) is 3. The third kappa shape index (κ3) is 3.28. The van der Waals surface area contributed by atoms with Crippen molar-refractivity contribution < 1.29 is 5.11 Å². The highest BCUT2D eigenvalue weighted by atomic mass is 35.5. The van der Waals surface area contributed by atoms with E-state index in [1.165, 1.54) is 0 Å². The summed E-state index contributed by atoms with van der Waals surface area (Å²) < 4.78 is 1.95. The van der Waals surface area contributed by atoms with E-state index in [0.29, 0.717) is 5.75 Å². The molecule has 2 rings (SSSR count). The van der Waals surface area contributed by atoms with Gasteiger partial charge < -0.3 is 9.67 Å². The Bertz CT molecular complexity index is 498. The molecule has 1 unspecified atom stereocenters. The number of aromatic nitrogens is 2. The van der Waals surface area contributed by atoms with Gasteiger partial charge in [0, 0.05) is 34.6 Å². The summed E-state index contributed by atoms with van der Waals surface area (Å²) in [7, 11) is 0. The first-order chi connectivity index (χ1) is 8.70. The third-order valence-electron chi connectivity index (χ3n) is 2.61. The van der Waals surface area contributed by atoms with Crippen molar-refractivity contribution in [2.75, 3.05) is 5.75 Å². The lowest BCUT2D eigenvalue weighted by Gasteiger charge is -2.11. The van der Waals surface area contributed by atoms with Gasteiger partial charge in [-0.05, 0) is 31.2 Å². The first-order valence-corrected chi connectivity index (χ1v) is 7.14. The zero-order valence-electron chi connectivity index (χ0n) is 10.1. The van der Waals surface area contributed by atoms with Gasteiger partial charge in [0.2, 0.25) is 0 Å². The quantitative estimate of drug-likeness (QED) is 0.855. The molecule has 1 aromatic carbocycles. The number of benzene rings is 1. The first-order valence-electron chi connectivity index (χ1n) is 5.78. The predicted molar refractivity (Wildman–Crippen MR) is 75.0 cm³/mol. The monoisotopic (exact) mass is 282 g/mol. The normalized spacial score (nSPS) is 12.6. The summed E-state index contributed by atoms with van der Waals surface area (Å²) in [6, 6.07) is 7.60. The molecule has 0 fully saturated rings. The van der Waals surface area contributed by atoms with Crippen LogP contribution in [-0.2, 0) is 6.54 Å². The largest absolute Gasteiger partial charge is 0.384 e. The van der Waals surface area contributed by atoms with Gasteiger partial charge in [0.25, 0.3) is 0 Å². The highest BCUT2D eigenvalue weighted by Crippen LogP contribution is 2.25. The van der Waals surface area contributed by atoms with E-state index in [-0.39, 0.29) is 0 Å². The predicted octanol–water partition coefficient (Wildman–Crippen LogP) is 3.38. The zero-order valence-corrected chi connectivity index (χ0v) is 11.7. The summed E-state index contributed by atoms with van der Waals surface area (Å²) in [5.74, 6) is 1.30. The van der Waals surface area contributed by atoms with Crippen LogP contribution in [0, 0.1) is 0 Å². The number of nitrogens with zero attached hydrogens (tertiary/aromatic N) is 2. The molecule has 0 radical (unpaired) electrons. The minimum atomic E-state index is -0.555. The molecule has 0 amide bonds. The van der Waals surface area contributed by atoms with Gasteiger partial charge in [0.15, 0.2) is 0 Å². The zero-order chi connectivity index (χ0) is 13.0. The van der Waals surface area contributed by atoms with Crippen LogP contribution >= 0.6 is 23.4 Å². The van der Waals surface area contributed by atoms with Crippen LogP contribution in [0.3, 0.4) is 0 Å². The van der Waals surface area contributed by atoms with Crippen LogP contribution < -0.4 is 0 Å². The van der Waals surface area contributed by atoms with Gasteiger partial charge in [-0.15, -0.1) is 11.8 Å². The van der Waals surface area contributed by atoms with Crippen LogP contribution in [0.2, 0.25) is 5.02 Å². The Hall–Kier alpha value is -0.970. The number of thioether (sulfide) groups is 1. The van der Waals surface area contributed by atoms with Crippen LogP contribution in [0.15, 0.2) is 41.6 Å². The number of hydrogen-bond donors (Lipinski definition) is 1. The van der Waals surface area contributed by atoms with Crippen molar-refractivity contribution in [1.29, 1.82) is 0 Å². The minimum absolute atomic E-state index is 0.555. The highest BCUT2D eigenvalue weighted by Gasteiger charge is 2.13. The summed E-state index contributed by atoms with van der Waals surface area (Å²) in [5.41, 5.74) is 0. The topological polar surface area (TPSA) is 38.0 Å². The van der Waals surface area contributed by atoms with Gasteiger partial charge >= 0.3 is 0 Å². The summed E-state index contributed by atoms with van der Waals surface area (Å²) in [6.45, 7) is 2.85. The fourth-order valence-corrected chi connectivity index (χ4v) is 2.62. The molecule has 1 N–H and O–H groups in total. The van der Waals surface area contributed by atoms with Gasteiger partial charge in [-0.25, -0.2) is 4.98 Å². The van der Waals surface area contributed by atoms with Gasteiger partial charge in [-0.2, -0.15) is 0 Å². The lowest BCUT2D eigenvalue weighted by molar-refractivity contribution is 0.189. The van der Waals surface area contributed by atoms with Crippen molar-refractivity contribution in [3.63, 3.8) is 0 Å². The molecule has 1 heterocycles. The number of halogens is 1. The Morgan fingerprint density at radius 2 is 2.11 bits per heavy atom. The maximum Gasteiger partial charge on any atom is 0.138 e. The molecule has 96 valence electrons. The van der Waals surface area contributed by atoms with Crippen molar-refractivity contribution >= 4 is 23.4 Å². The standard InChI is InChI=1S/C13H15ClN2OS/c1-2-16-8-7-15-13(16)12(17)9-18-11-5-3-10(14)4-6-11/h3-8,12,17H,2,9H2,1H3. The molecule has 0 saturated heterocycles. The maximum absolute atomic E-state index is 10.1. The van der Waals surface area contributed by atoms with Gasteiger partial charge in [-0.1, -0.05) is 11.6 Å². The summed E-state index contributed by atoms with van der Waals surface area (Å²) in [6.07, 6.45) is 3.04. The molecule has 5 heteroatoms. The summed E-state index contributed by atoms with van der Waals surface area (Å²) in [4.78, 5) is 5.28. The van der Waals surface area contributed by atoms with E-state index >= 15 is 0 Å². The Morgan fingerprint density at radius 3 is 2.78 bits per heavy atom. The second kappa shape index (κ2) is 6.27. The Balaban J connectivity index is 1.96. The molecule has 0 saturated carbocycles. The molecule has 18 heavy (non-hydrogen) atoms. The molecular formula is C13H15ClN2OS. The number of imidazole rings is 1. The first kappa shape index (κ1) is 13.5. The molecule has 3 nitrogen and oxygen atoms in total. The van der Waals surface area contributed by atoms with Crippen molar-refractivity contribution in [2.45, 2.75) is 24.5 Å². The molecule has 0 aliphatic heterocycles. The molecule has 0 spiro atoms. The van der Waals surface area contributed by atoms with Crippen LogP contribution in [0.25, 0.3) is 0 Å². The Labute approximate surface area is 116 Å². The second-order valence-corrected chi connectivity index (χ2v) is 5.38. The summed E-state index contributed by atoms with van der Waals surface area (Å²) in [5, 5.41) is 10.8. The Kier molecular flexibility index (Phi) is 4.69. The van der Waals surface area contributed by atoms with E-state index in [9.17, 15) is 5.11 Å². The van der Waals surface area contributed by atoms with Crippen molar-refractivity contribution in [2.24, 2.45) is 0 Å². The average molecular weight is 283 g/mol. The second-order valence-electron chi connectivity index (χ2n) is 3.85. The van der Waals surface area contributed by atoms with E-state index in [2.05, 4.69) is 4.98 Å². The fourth-order valence-electron chi connectivity index (χ4n) is 1.67. The molecule has 1 aromatic heterocycles. The molecule has 0 aliphatic carbocycles. The number of aliphatic hydroxyl groups is 1. The van der Waals surface area contributed by atoms with E-state index in [1.54, 1.807) is 18.0 Å². The molecule has 0 bridgehead atoms. The van der Waals surface area contributed by atoms with Crippen molar-refractivity contribution in [1.82, 2.24) is 9.55 Å². The average Bonchev–Trinajstić information content (AvgIpc) is 2.86.